The van der Waals surface area contributed by atoms with E-state index in [4.69, 9.17) is 11.0 Å². The van der Waals surface area contributed by atoms with Gasteiger partial charge in [0.15, 0.2) is 0 Å². The van der Waals surface area contributed by atoms with Gasteiger partial charge in [-0.2, -0.15) is 18.4 Å². The van der Waals surface area contributed by atoms with Crippen LogP contribution in [0.4, 0.5) is 23.2 Å². The maximum absolute atomic E-state index is 13.9. The van der Waals surface area contributed by atoms with Crippen molar-refractivity contribution in [2.24, 2.45) is 10.7 Å². The van der Waals surface area contributed by atoms with Crippen LogP contribution >= 0.6 is 0 Å². The largest absolute Gasteiger partial charge is 0.406 e. The van der Waals surface area contributed by atoms with Crippen molar-refractivity contribution < 1.29 is 27.2 Å². The molecule has 34 heavy (non-hydrogen) atoms. The van der Waals surface area contributed by atoms with Crippen LogP contribution in [-0.2, 0) is 4.79 Å². The quantitative estimate of drug-likeness (QED) is 0.512. The van der Waals surface area contributed by atoms with Crippen molar-refractivity contribution >= 4 is 23.7 Å². The Hall–Kier alpha value is -4.20. The fourth-order valence-electron chi connectivity index (χ4n) is 3.93. The van der Waals surface area contributed by atoms with E-state index in [0.29, 0.717) is 4.90 Å². The minimum Gasteiger partial charge on any atom is -0.404 e. The number of hydrogen-bond acceptors (Lipinski definition) is 5. The standard InChI is InChI=1S/C23H19F4N5O2/c1-30-11-14(10-29)20-19(21(33)31-16-7-13(9-28)6-15(24)8-16)17-4-2-3-5-18(17)22(34)32(20)12-23(25,26)27/h2-8,10-11,19-20H,12,29H2,1H3,(H,31,33)/t19-,20+/m0/s1. The van der Waals surface area contributed by atoms with E-state index >= 15 is 0 Å². The first-order chi connectivity index (χ1) is 16.1. The van der Waals surface area contributed by atoms with E-state index in [1.807, 2.05) is 0 Å². The van der Waals surface area contributed by atoms with E-state index in [-0.39, 0.29) is 28.0 Å². The lowest BCUT2D eigenvalue weighted by Crippen LogP contribution is -2.55. The van der Waals surface area contributed by atoms with Gasteiger partial charge < -0.3 is 16.0 Å². The fourth-order valence-corrected chi connectivity index (χ4v) is 3.93. The molecule has 3 N–H and O–H groups in total. The lowest BCUT2D eigenvalue weighted by atomic mass is 9.79. The van der Waals surface area contributed by atoms with Gasteiger partial charge in [-0.3, -0.25) is 14.6 Å². The number of carbonyl (C=O) groups is 2. The molecule has 2 amide bonds. The first-order valence-corrected chi connectivity index (χ1v) is 9.91. The van der Waals surface area contributed by atoms with E-state index in [1.54, 1.807) is 12.1 Å². The molecule has 2 aromatic rings. The average Bonchev–Trinajstić information content (AvgIpc) is 2.78. The van der Waals surface area contributed by atoms with Crippen LogP contribution in [0.25, 0.3) is 0 Å². The van der Waals surface area contributed by atoms with Crippen LogP contribution < -0.4 is 11.1 Å². The van der Waals surface area contributed by atoms with Crippen LogP contribution in [-0.4, -0.2) is 48.7 Å². The second kappa shape index (κ2) is 9.74. The minimum absolute atomic E-state index is 0.00621. The highest BCUT2D eigenvalue weighted by Gasteiger charge is 2.48. The Morgan fingerprint density at radius 1 is 1.29 bits per heavy atom. The molecule has 0 aliphatic carbocycles. The van der Waals surface area contributed by atoms with Gasteiger partial charge in [0.1, 0.15) is 12.4 Å². The Morgan fingerprint density at radius 3 is 2.62 bits per heavy atom. The van der Waals surface area contributed by atoms with Crippen molar-refractivity contribution in [1.82, 2.24) is 4.90 Å². The summed E-state index contributed by atoms with van der Waals surface area (Å²) in [5.41, 5.74) is 5.63. The second-order valence-corrected chi connectivity index (χ2v) is 7.44. The first kappa shape index (κ1) is 24.4. The van der Waals surface area contributed by atoms with Crippen molar-refractivity contribution in [1.29, 1.82) is 5.26 Å². The second-order valence-electron chi connectivity index (χ2n) is 7.44. The van der Waals surface area contributed by atoms with Crippen LogP contribution in [0.5, 0.6) is 0 Å². The third-order valence-electron chi connectivity index (χ3n) is 5.18. The first-order valence-electron chi connectivity index (χ1n) is 9.91. The van der Waals surface area contributed by atoms with Gasteiger partial charge in [0.25, 0.3) is 5.91 Å². The van der Waals surface area contributed by atoms with Crippen LogP contribution in [0.1, 0.15) is 27.4 Å². The smallest absolute Gasteiger partial charge is 0.404 e. The van der Waals surface area contributed by atoms with E-state index < -0.39 is 42.3 Å². The summed E-state index contributed by atoms with van der Waals surface area (Å²) in [6.45, 7) is -1.64. The predicted molar refractivity (Wildman–Crippen MR) is 116 cm³/mol. The third-order valence-corrected chi connectivity index (χ3v) is 5.18. The molecule has 2 atom stereocenters. The summed E-state index contributed by atoms with van der Waals surface area (Å²) in [6, 6.07) is 9.24. The average molecular weight is 473 g/mol. The summed E-state index contributed by atoms with van der Waals surface area (Å²) in [5, 5.41) is 11.5. The molecule has 1 aliphatic rings. The van der Waals surface area contributed by atoms with Crippen molar-refractivity contribution in [2.75, 3.05) is 18.9 Å². The third kappa shape index (κ3) is 5.06. The lowest BCUT2D eigenvalue weighted by Gasteiger charge is -2.42. The summed E-state index contributed by atoms with van der Waals surface area (Å²) < 4.78 is 54.3. The SMILES string of the molecule is CN=CC(=CN)[C@@H]1[C@@H](C(=O)Nc2cc(F)cc(C#N)c2)c2ccccc2C(=O)N1CC(F)(F)F. The number of amides is 2. The van der Waals surface area contributed by atoms with Gasteiger partial charge in [-0.15, -0.1) is 0 Å². The van der Waals surface area contributed by atoms with Gasteiger partial charge in [-0.1, -0.05) is 18.2 Å². The van der Waals surface area contributed by atoms with Crippen LogP contribution in [0.2, 0.25) is 0 Å². The number of anilines is 1. The molecule has 1 heterocycles. The summed E-state index contributed by atoms with van der Waals surface area (Å²) in [5.74, 6) is -3.89. The summed E-state index contributed by atoms with van der Waals surface area (Å²) in [4.78, 5) is 30.8. The Morgan fingerprint density at radius 2 is 2.00 bits per heavy atom. The number of carbonyl (C=O) groups excluding carboxylic acids is 2. The van der Waals surface area contributed by atoms with Gasteiger partial charge in [0.2, 0.25) is 5.91 Å². The van der Waals surface area contributed by atoms with E-state index in [0.717, 1.165) is 18.3 Å². The fraction of sp³-hybridized carbons (Fsp3) is 0.217. The van der Waals surface area contributed by atoms with Gasteiger partial charge in [-0.25, -0.2) is 4.39 Å². The van der Waals surface area contributed by atoms with Gasteiger partial charge in [-0.05, 0) is 29.8 Å². The number of hydrogen-bond donors (Lipinski definition) is 2. The Kier molecular flexibility index (Phi) is 7.00. The molecule has 0 fully saturated rings. The maximum atomic E-state index is 13.9. The lowest BCUT2D eigenvalue weighted by molar-refractivity contribution is -0.146. The number of alkyl halides is 3. The van der Waals surface area contributed by atoms with Crippen LogP contribution in [0.15, 0.2) is 59.2 Å². The van der Waals surface area contributed by atoms with Crippen LogP contribution in [0.3, 0.4) is 0 Å². The minimum atomic E-state index is -4.77. The van der Waals surface area contributed by atoms with Gasteiger partial charge in [0, 0.05) is 36.3 Å². The number of fused-ring (bicyclic) bond motifs is 1. The Labute approximate surface area is 192 Å². The molecular formula is C23H19F4N5O2. The monoisotopic (exact) mass is 473 g/mol. The summed E-state index contributed by atoms with van der Waals surface area (Å²) >= 11 is 0. The number of halogens is 4. The highest BCUT2D eigenvalue weighted by Crippen LogP contribution is 2.38. The van der Waals surface area contributed by atoms with Crippen molar-refractivity contribution in [3.8, 4) is 6.07 Å². The van der Waals surface area contributed by atoms with Gasteiger partial charge >= 0.3 is 6.18 Å². The predicted octanol–water partition coefficient (Wildman–Crippen LogP) is 3.35. The number of nitrogens with one attached hydrogen (secondary N) is 1. The van der Waals surface area contributed by atoms with Gasteiger partial charge in [0.05, 0.1) is 23.6 Å². The number of nitrogens with two attached hydrogens (primary N) is 1. The van der Waals surface area contributed by atoms with Crippen molar-refractivity contribution in [3.05, 3.63) is 76.7 Å². The normalized spacial score (nSPS) is 18.5. The molecule has 2 aromatic carbocycles. The molecule has 7 nitrogen and oxygen atoms in total. The van der Waals surface area contributed by atoms with Crippen molar-refractivity contribution in [2.45, 2.75) is 18.1 Å². The molecular weight excluding hydrogens is 454 g/mol. The molecule has 0 radical (unpaired) electrons. The molecule has 0 aromatic heterocycles. The molecule has 0 saturated heterocycles. The summed E-state index contributed by atoms with van der Waals surface area (Å²) in [6.07, 6.45) is -2.61. The molecule has 0 bridgehead atoms. The maximum Gasteiger partial charge on any atom is 0.406 e. The zero-order valence-electron chi connectivity index (χ0n) is 17.8. The number of aliphatic imine (C=N–C) groups is 1. The Balaban J connectivity index is 2.18. The molecule has 1 aliphatic heterocycles. The highest BCUT2D eigenvalue weighted by molar-refractivity contribution is 6.06. The van der Waals surface area contributed by atoms with Crippen LogP contribution in [0, 0.1) is 17.1 Å². The molecule has 0 saturated carbocycles. The van der Waals surface area contributed by atoms with E-state index in [2.05, 4.69) is 10.3 Å². The molecule has 0 unspecified atom stereocenters. The zero-order chi connectivity index (χ0) is 25.0. The zero-order valence-corrected chi connectivity index (χ0v) is 17.8. The number of nitrogens with zero attached hydrogens (tertiary/aromatic N) is 3. The van der Waals surface area contributed by atoms with E-state index in [1.165, 1.54) is 37.5 Å². The summed E-state index contributed by atoms with van der Waals surface area (Å²) in [7, 11) is 1.36. The molecule has 3 rings (SSSR count). The van der Waals surface area contributed by atoms with E-state index in [9.17, 15) is 27.2 Å². The van der Waals surface area contributed by atoms with Crippen molar-refractivity contribution in [3.63, 3.8) is 0 Å². The topological polar surface area (TPSA) is 112 Å². The number of benzene rings is 2. The molecule has 176 valence electrons. The number of nitriles is 1. The highest BCUT2D eigenvalue weighted by atomic mass is 19.4. The Bertz CT molecular complexity index is 1220. The molecule has 0 spiro atoms. The number of rotatable bonds is 5. The molecule has 11 heteroatoms.